The summed E-state index contributed by atoms with van der Waals surface area (Å²) >= 11 is 0. The first-order chi connectivity index (χ1) is 10.3. The highest BCUT2D eigenvalue weighted by molar-refractivity contribution is 5.64. The molecule has 3 rings (SSSR count). The molecule has 21 heavy (non-hydrogen) atoms. The van der Waals surface area contributed by atoms with Crippen LogP contribution in [0.5, 0.6) is 0 Å². The Balaban J connectivity index is 1.83. The van der Waals surface area contributed by atoms with E-state index in [-0.39, 0.29) is 0 Å². The molecule has 0 fully saturated rings. The highest BCUT2D eigenvalue weighted by Crippen LogP contribution is 2.24. The van der Waals surface area contributed by atoms with E-state index in [0.29, 0.717) is 6.42 Å². The van der Waals surface area contributed by atoms with Crippen LogP contribution in [0.15, 0.2) is 79.1 Å². The molecular formula is C19H17NO. The first kappa shape index (κ1) is 13.5. The second-order valence-electron chi connectivity index (χ2n) is 5.07. The largest absolute Gasteiger partial charge is 0.388 e. The van der Waals surface area contributed by atoms with Gasteiger partial charge in [-0.1, -0.05) is 54.6 Å². The van der Waals surface area contributed by atoms with Gasteiger partial charge < -0.3 is 5.11 Å². The summed E-state index contributed by atoms with van der Waals surface area (Å²) in [6.07, 6.45) is 3.60. The normalized spacial score (nSPS) is 12.0. The SMILES string of the molecule is OC(Cc1cccnc1)c1cccc(-c2ccccc2)c1. The van der Waals surface area contributed by atoms with Gasteiger partial charge in [-0.2, -0.15) is 0 Å². The number of aliphatic hydroxyl groups is 1. The molecule has 2 nitrogen and oxygen atoms in total. The molecule has 0 aliphatic rings. The molecule has 0 radical (unpaired) electrons. The second-order valence-corrected chi connectivity index (χ2v) is 5.07. The standard InChI is InChI=1S/C19H17NO/c21-19(12-15-6-5-11-20-14-15)18-10-4-9-17(13-18)16-7-2-1-3-8-16/h1-11,13-14,19,21H,12H2. The fourth-order valence-electron chi connectivity index (χ4n) is 2.42. The molecule has 104 valence electrons. The zero-order valence-electron chi connectivity index (χ0n) is 11.7. The molecule has 1 N–H and O–H groups in total. The molecule has 1 atom stereocenters. The second kappa shape index (κ2) is 6.33. The highest BCUT2D eigenvalue weighted by Gasteiger charge is 2.09. The topological polar surface area (TPSA) is 33.1 Å². The number of pyridine rings is 1. The summed E-state index contributed by atoms with van der Waals surface area (Å²) < 4.78 is 0. The lowest BCUT2D eigenvalue weighted by Gasteiger charge is -2.12. The van der Waals surface area contributed by atoms with Gasteiger partial charge in [-0.15, -0.1) is 0 Å². The smallest absolute Gasteiger partial charge is 0.0831 e. The fourth-order valence-corrected chi connectivity index (χ4v) is 2.42. The monoisotopic (exact) mass is 275 g/mol. The summed E-state index contributed by atoms with van der Waals surface area (Å²) in [5, 5.41) is 10.4. The number of benzene rings is 2. The predicted octanol–water partition coefficient (Wildman–Crippen LogP) is 4.02. The van der Waals surface area contributed by atoms with Crippen LogP contribution in [-0.4, -0.2) is 10.1 Å². The summed E-state index contributed by atoms with van der Waals surface area (Å²) in [4.78, 5) is 4.09. The third-order valence-electron chi connectivity index (χ3n) is 3.53. The molecular weight excluding hydrogens is 258 g/mol. The van der Waals surface area contributed by atoms with Gasteiger partial charge in [-0.05, 0) is 34.4 Å². The van der Waals surface area contributed by atoms with Crippen LogP contribution in [-0.2, 0) is 6.42 Å². The van der Waals surface area contributed by atoms with Crippen molar-refractivity contribution in [3.05, 3.63) is 90.3 Å². The van der Waals surface area contributed by atoms with Crippen molar-refractivity contribution < 1.29 is 5.11 Å². The number of rotatable bonds is 4. The van der Waals surface area contributed by atoms with Gasteiger partial charge in [0, 0.05) is 18.8 Å². The number of aromatic nitrogens is 1. The van der Waals surface area contributed by atoms with E-state index in [0.717, 1.165) is 22.3 Å². The molecule has 0 saturated heterocycles. The Morgan fingerprint density at radius 2 is 1.67 bits per heavy atom. The van der Waals surface area contributed by atoms with E-state index in [1.807, 2.05) is 42.5 Å². The average Bonchev–Trinajstić information content (AvgIpc) is 2.57. The van der Waals surface area contributed by atoms with Crippen molar-refractivity contribution in [1.82, 2.24) is 4.98 Å². The Bertz CT molecular complexity index is 695. The Morgan fingerprint density at radius 1 is 0.857 bits per heavy atom. The number of hydrogen-bond donors (Lipinski definition) is 1. The molecule has 1 aromatic heterocycles. The molecule has 0 aliphatic heterocycles. The fraction of sp³-hybridized carbons (Fsp3) is 0.105. The first-order valence-electron chi connectivity index (χ1n) is 7.05. The van der Waals surface area contributed by atoms with Crippen molar-refractivity contribution in [2.75, 3.05) is 0 Å². The van der Waals surface area contributed by atoms with Crippen molar-refractivity contribution >= 4 is 0 Å². The van der Waals surface area contributed by atoms with Gasteiger partial charge in [0.1, 0.15) is 0 Å². The third kappa shape index (κ3) is 3.36. The zero-order chi connectivity index (χ0) is 14.5. The van der Waals surface area contributed by atoms with E-state index in [1.165, 1.54) is 0 Å². The van der Waals surface area contributed by atoms with E-state index in [2.05, 4.69) is 29.2 Å². The Kier molecular flexibility index (Phi) is 4.08. The maximum absolute atomic E-state index is 10.4. The summed E-state index contributed by atoms with van der Waals surface area (Å²) in [6.45, 7) is 0. The summed E-state index contributed by atoms with van der Waals surface area (Å²) in [5.41, 5.74) is 4.25. The summed E-state index contributed by atoms with van der Waals surface area (Å²) in [6, 6.07) is 22.1. The number of hydrogen-bond acceptors (Lipinski definition) is 2. The lowest BCUT2D eigenvalue weighted by atomic mass is 9.98. The Labute approximate surface area is 124 Å². The third-order valence-corrected chi connectivity index (χ3v) is 3.53. The molecule has 1 heterocycles. The van der Waals surface area contributed by atoms with E-state index < -0.39 is 6.10 Å². The zero-order valence-corrected chi connectivity index (χ0v) is 11.7. The van der Waals surface area contributed by atoms with E-state index >= 15 is 0 Å². The minimum Gasteiger partial charge on any atom is -0.388 e. The molecule has 3 aromatic rings. The predicted molar refractivity (Wildman–Crippen MR) is 84.8 cm³/mol. The molecule has 2 aromatic carbocycles. The van der Waals surface area contributed by atoms with Crippen LogP contribution < -0.4 is 0 Å². The van der Waals surface area contributed by atoms with Crippen molar-refractivity contribution in [3.8, 4) is 11.1 Å². The lowest BCUT2D eigenvalue weighted by molar-refractivity contribution is 0.178. The molecule has 0 spiro atoms. The summed E-state index contributed by atoms with van der Waals surface area (Å²) in [5.74, 6) is 0. The van der Waals surface area contributed by atoms with E-state index in [4.69, 9.17) is 0 Å². The summed E-state index contributed by atoms with van der Waals surface area (Å²) in [7, 11) is 0. The van der Waals surface area contributed by atoms with Crippen LogP contribution in [0.1, 0.15) is 17.2 Å². The quantitative estimate of drug-likeness (QED) is 0.780. The van der Waals surface area contributed by atoms with Crippen LogP contribution in [0.2, 0.25) is 0 Å². The van der Waals surface area contributed by atoms with Crippen molar-refractivity contribution in [3.63, 3.8) is 0 Å². The average molecular weight is 275 g/mol. The maximum atomic E-state index is 10.4. The van der Waals surface area contributed by atoms with Crippen LogP contribution in [0.3, 0.4) is 0 Å². The van der Waals surface area contributed by atoms with Crippen molar-refractivity contribution in [1.29, 1.82) is 0 Å². The van der Waals surface area contributed by atoms with Gasteiger partial charge in [-0.25, -0.2) is 0 Å². The molecule has 0 aliphatic carbocycles. The minimum atomic E-state index is -0.516. The number of aliphatic hydroxyl groups excluding tert-OH is 1. The van der Waals surface area contributed by atoms with Gasteiger partial charge in [0.15, 0.2) is 0 Å². The van der Waals surface area contributed by atoms with Gasteiger partial charge in [-0.3, -0.25) is 4.98 Å². The van der Waals surface area contributed by atoms with Crippen molar-refractivity contribution in [2.24, 2.45) is 0 Å². The lowest BCUT2D eigenvalue weighted by Crippen LogP contribution is -2.02. The molecule has 2 heteroatoms. The van der Waals surface area contributed by atoms with Crippen LogP contribution >= 0.6 is 0 Å². The van der Waals surface area contributed by atoms with E-state index in [9.17, 15) is 5.11 Å². The van der Waals surface area contributed by atoms with Gasteiger partial charge in [0.25, 0.3) is 0 Å². The molecule has 0 amide bonds. The number of nitrogens with zero attached hydrogens (tertiary/aromatic N) is 1. The van der Waals surface area contributed by atoms with Gasteiger partial charge >= 0.3 is 0 Å². The molecule has 0 bridgehead atoms. The highest BCUT2D eigenvalue weighted by atomic mass is 16.3. The van der Waals surface area contributed by atoms with Crippen molar-refractivity contribution in [2.45, 2.75) is 12.5 Å². The van der Waals surface area contributed by atoms with Gasteiger partial charge in [0.05, 0.1) is 6.10 Å². The van der Waals surface area contributed by atoms with Crippen LogP contribution in [0.25, 0.3) is 11.1 Å². The van der Waals surface area contributed by atoms with Gasteiger partial charge in [0.2, 0.25) is 0 Å². The first-order valence-corrected chi connectivity index (χ1v) is 7.05. The van der Waals surface area contributed by atoms with Crippen LogP contribution in [0.4, 0.5) is 0 Å². The molecule has 1 unspecified atom stereocenters. The maximum Gasteiger partial charge on any atom is 0.0831 e. The minimum absolute atomic E-state index is 0.516. The Hall–Kier alpha value is -2.45. The van der Waals surface area contributed by atoms with Crippen LogP contribution in [0, 0.1) is 0 Å². The Morgan fingerprint density at radius 3 is 2.43 bits per heavy atom. The van der Waals surface area contributed by atoms with E-state index in [1.54, 1.807) is 12.4 Å². The molecule has 0 saturated carbocycles.